The Balaban J connectivity index is 1.81. The minimum atomic E-state index is -1.25. The largest absolute Gasteiger partial charge is 0.496 e. The molecule has 0 saturated heterocycles. The van der Waals surface area contributed by atoms with Crippen LogP contribution in [-0.2, 0) is 6.54 Å². The molecule has 184 valence electrons. The second kappa shape index (κ2) is 10.4. The lowest BCUT2D eigenvalue weighted by Crippen LogP contribution is -2.20. The predicted octanol–water partition coefficient (Wildman–Crippen LogP) is 5.59. The SMILES string of the molecule is CCOc1nccc2c(C(=O)c3c(F)cc(-c4c(CNC(=O)O)cccc4OC)cc3F)cccc12. The van der Waals surface area contributed by atoms with E-state index in [2.05, 4.69) is 10.3 Å². The summed E-state index contributed by atoms with van der Waals surface area (Å²) in [7, 11) is 1.39. The Morgan fingerprint density at radius 3 is 2.42 bits per heavy atom. The summed E-state index contributed by atoms with van der Waals surface area (Å²) in [6.45, 7) is 2.05. The van der Waals surface area contributed by atoms with Gasteiger partial charge in [0.15, 0.2) is 5.78 Å². The fraction of sp³-hybridized carbons (Fsp3) is 0.148. The van der Waals surface area contributed by atoms with Gasteiger partial charge in [0.2, 0.25) is 5.88 Å². The van der Waals surface area contributed by atoms with E-state index in [0.717, 1.165) is 12.1 Å². The second-order valence-corrected chi connectivity index (χ2v) is 7.75. The molecule has 0 bridgehead atoms. The van der Waals surface area contributed by atoms with Crippen LogP contribution in [0.5, 0.6) is 11.6 Å². The molecule has 36 heavy (non-hydrogen) atoms. The Morgan fingerprint density at radius 2 is 1.75 bits per heavy atom. The Kier molecular flexibility index (Phi) is 7.10. The van der Waals surface area contributed by atoms with E-state index in [9.17, 15) is 9.59 Å². The summed E-state index contributed by atoms with van der Waals surface area (Å²) >= 11 is 0. The lowest BCUT2D eigenvalue weighted by atomic mass is 9.93. The number of carbonyl (C=O) groups is 2. The molecule has 1 heterocycles. The number of hydrogen-bond donors (Lipinski definition) is 2. The number of hydrogen-bond acceptors (Lipinski definition) is 5. The number of pyridine rings is 1. The normalized spacial score (nSPS) is 10.8. The van der Waals surface area contributed by atoms with E-state index in [1.807, 2.05) is 0 Å². The van der Waals surface area contributed by atoms with E-state index in [-0.39, 0.29) is 17.7 Å². The van der Waals surface area contributed by atoms with Crippen molar-refractivity contribution in [1.82, 2.24) is 10.3 Å². The third kappa shape index (κ3) is 4.68. The summed E-state index contributed by atoms with van der Waals surface area (Å²) < 4.78 is 41.6. The molecule has 1 amide bonds. The molecule has 9 heteroatoms. The summed E-state index contributed by atoms with van der Waals surface area (Å²) in [5, 5.41) is 12.2. The Morgan fingerprint density at radius 1 is 1.03 bits per heavy atom. The van der Waals surface area contributed by atoms with E-state index in [1.54, 1.807) is 43.3 Å². The van der Waals surface area contributed by atoms with Crippen LogP contribution in [0.15, 0.2) is 60.8 Å². The molecule has 0 atom stereocenters. The molecule has 4 rings (SSSR count). The maximum absolute atomic E-state index is 15.4. The van der Waals surface area contributed by atoms with Crippen LogP contribution in [0.2, 0.25) is 0 Å². The summed E-state index contributed by atoms with van der Waals surface area (Å²) in [6, 6.07) is 13.3. The number of halogens is 2. The number of nitrogens with one attached hydrogen (secondary N) is 1. The number of methoxy groups -OCH3 is 1. The summed E-state index contributed by atoms with van der Waals surface area (Å²) in [4.78, 5) is 28.5. The quantitative estimate of drug-likeness (QED) is 0.312. The molecule has 3 aromatic carbocycles. The molecule has 0 fully saturated rings. The van der Waals surface area contributed by atoms with E-state index in [1.165, 1.54) is 19.4 Å². The van der Waals surface area contributed by atoms with Crippen molar-refractivity contribution in [3.05, 3.63) is 89.1 Å². The van der Waals surface area contributed by atoms with Gasteiger partial charge >= 0.3 is 6.09 Å². The van der Waals surface area contributed by atoms with Crippen molar-refractivity contribution in [2.75, 3.05) is 13.7 Å². The van der Waals surface area contributed by atoms with Gasteiger partial charge in [0.05, 0.1) is 19.3 Å². The van der Waals surface area contributed by atoms with Crippen LogP contribution in [-0.4, -0.2) is 35.7 Å². The molecule has 0 aliphatic rings. The first-order valence-corrected chi connectivity index (χ1v) is 11.0. The number of aromatic nitrogens is 1. The first-order chi connectivity index (χ1) is 17.3. The average Bonchev–Trinajstić information content (AvgIpc) is 2.86. The van der Waals surface area contributed by atoms with Gasteiger partial charge in [-0.15, -0.1) is 0 Å². The highest BCUT2D eigenvalue weighted by atomic mass is 19.1. The molecule has 0 saturated carbocycles. The summed E-state index contributed by atoms with van der Waals surface area (Å²) in [5.74, 6) is -2.34. The average molecular weight is 492 g/mol. The third-order valence-electron chi connectivity index (χ3n) is 5.62. The highest BCUT2D eigenvalue weighted by Crippen LogP contribution is 2.36. The highest BCUT2D eigenvalue weighted by molar-refractivity contribution is 6.17. The zero-order valence-electron chi connectivity index (χ0n) is 19.5. The standard InChI is InChI=1S/C27H22F2N2O5/c1-3-36-26-19-8-5-7-18(17(19)10-11-30-26)25(32)24-20(28)12-16(13-21(24)29)23-15(14-31-27(33)34)6-4-9-22(23)35-2/h4-13,31H,3,14H2,1-2H3,(H,33,34). The van der Waals surface area contributed by atoms with Gasteiger partial charge in [0, 0.05) is 29.3 Å². The van der Waals surface area contributed by atoms with Crippen LogP contribution in [0, 0.1) is 11.6 Å². The first kappa shape index (κ1) is 24.6. The molecule has 1 aromatic heterocycles. The zero-order valence-corrected chi connectivity index (χ0v) is 19.5. The van der Waals surface area contributed by atoms with Crippen molar-refractivity contribution in [2.24, 2.45) is 0 Å². The number of amides is 1. The number of fused-ring (bicyclic) bond motifs is 1. The van der Waals surface area contributed by atoms with Crippen molar-refractivity contribution in [3.63, 3.8) is 0 Å². The first-order valence-electron chi connectivity index (χ1n) is 11.0. The van der Waals surface area contributed by atoms with E-state index < -0.39 is 29.1 Å². The van der Waals surface area contributed by atoms with Gasteiger partial charge < -0.3 is 19.9 Å². The van der Waals surface area contributed by atoms with Gasteiger partial charge in [-0.25, -0.2) is 18.6 Å². The Hall–Kier alpha value is -4.53. The maximum Gasteiger partial charge on any atom is 0.404 e. The number of rotatable bonds is 8. The number of carboxylic acid groups (broad SMARTS) is 1. The fourth-order valence-corrected chi connectivity index (χ4v) is 4.09. The molecule has 0 aliphatic carbocycles. The highest BCUT2D eigenvalue weighted by Gasteiger charge is 2.24. The van der Waals surface area contributed by atoms with Crippen LogP contribution in [0.4, 0.5) is 13.6 Å². The lowest BCUT2D eigenvalue weighted by Gasteiger charge is -2.16. The molecule has 2 N–H and O–H groups in total. The van der Waals surface area contributed by atoms with Crippen molar-refractivity contribution in [2.45, 2.75) is 13.5 Å². The van der Waals surface area contributed by atoms with Crippen LogP contribution >= 0.6 is 0 Å². The molecular weight excluding hydrogens is 470 g/mol. The van der Waals surface area contributed by atoms with Crippen LogP contribution in [0.3, 0.4) is 0 Å². The topological polar surface area (TPSA) is 97.8 Å². The van der Waals surface area contributed by atoms with Crippen molar-refractivity contribution in [1.29, 1.82) is 0 Å². The molecule has 4 aromatic rings. The van der Waals surface area contributed by atoms with Crippen LogP contribution in [0.25, 0.3) is 21.9 Å². The molecule has 0 aliphatic heterocycles. The summed E-state index contributed by atoms with van der Waals surface area (Å²) in [6.07, 6.45) is 0.216. The van der Waals surface area contributed by atoms with Crippen LogP contribution in [0.1, 0.15) is 28.4 Å². The minimum absolute atomic E-state index is 0.0990. The van der Waals surface area contributed by atoms with Gasteiger partial charge in [-0.1, -0.05) is 24.3 Å². The fourth-order valence-electron chi connectivity index (χ4n) is 4.09. The number of ketones is 1. The molecule has 0 spiro atoms. The third-order valence-corrected chi connectivity index (χ3v) is 5.62. The van der Waals surface area contributed by atoms with Gasteiger partial charge in [-0.05, 0) is 53.8 Å². The Bertz CT molecular complexity index is 1450. The molecule has 0 unspecified atom stereocenters. The summed E-state index contributed by atoms with van der Waals surface area (Å²) in [5.41, 5.74) is 0.246. The van der Waals surface area contributed by atoms with Gasteiger partial charge in [-0.3, -0.25) is 4.79 Å². The van der Waals surface area contributed by atoms with Crippen molar-refractivity contribution < 1.29 is 33.0 Å². The zero-order chi connectivity index (χ0) is 25.8. The van der Waals surface area contributed by atoms with Gasteiger partial charge in [0.1, 0.15) is 17.4 Å². The second-order valence-electron chi connectivity index (χ2n) is 7.75. The number of nitrogens with zero attached hydrogens (tertiary/aromatic N) is 1. The lowest BCUT2D eigenvalue weighted by molar-refractivity contribution is 0.103. The van der Waals surface area contributed by atoms with Gasteiger partial charge in [-0.2, -0.15) is 0 Å². The number of benzene rings is 3. The maximum atomic E-state index is 15.4. The van der Waals surface area contributed by atoms with Crippen molar-refractivity contribution >= 4 is 22.6 Å². The van der Waals surface area contributed by atoms with E-state index >= 15 is 8.78 Å². The van der Waals surface area contributed by atoms with E-state index in [4.69, 9.17) is 14.6 Å². The number of ether oxygens (including phenoxy) is 2. The molecular formula is C27H22F2N2O5. The smallest absolute Gasteiger partial charge is 0.404 e. The predicted molar refractivity (Wildman–Crippen MR) is 130 cm³/mol. The van der Waals surface area contributed by atoms with Crippen LogP contribution < -0.4 is 14.8 Å². The minimum Gasteiger partial charge on any atom is -0.496 e. The van der Waals surface area contributed by atoms with Gasteiger partial charge in [0.25, 0.3) is 0 Å². The van der Waals surface area contributed by atoms with E-state index in [0.29, 0.717) is 40.1 Å². The monoisotopic (exact) mass is 492 g/mol. The van der Waals surface area contributed by atoms with Crippen molar-refractivity contribution in [3.8, 4) is 22.8 Å². The molecule has 0 radical (unpaired) electrons. The Labute approximate surface area is 205 Å². The number of carbonyl (C=O) groups excluding carboxylic acids is 1. The molecule has 7 nitrogen and oxygen atoms in total.